The van der Waals surface area contributed by atoms with Gasteiger partial charge in [-0.3, -0.25) is 4.79 Å². The third-order valence-corrected chi connectivity index (χ3v) is 5.46. The molecule has 2 aliphatic rings. The first-order valence-electron chi connectivity index (χ1n) is 9.57. The molecule has 6 heteroatoms. The van der Waals surface area contributed by atoms with Crippen LogP contribution in [0.5, 0.6) is 5.75 Å². The molecule has 0 spiro atoms. The molecule has 1 aromatic heterocycles. The van der Waals surface area contributed by atoms with Crippen LogP contribution >= 0.6 is 0 Å². The van der Waals surface area contributed by atoms with E-state index in [-0.39, 0.29) is 5.91 Å². The lowest BCUT2D eigenvalue weighted by Crippen LogP contribution is -2.38. The summed E-state index contributed by atoms with van der Waals surface area (Å²) in [5, 5.41) is 11.6. The van der Waals surface area contributed by atoms with E-state index in [0.29, 0.717) is 13.0 Å². The van der Waals surface area contributed by atoms with E-state index in [1.807, 2.05) is 6.07 Å². The Labute approximate surface area is 154 Å². The van der Waals surface area contributed by atoms with E-state index < -0.39 is 6.10 Å². The molecule has 0 saturated heterocycles. The number of fused-ring (bicyclic) bond motifs is 2. The van der Waals surface area contributed by atoms with Gasteiger partial charge in [-0.25, -0.2) is 0 Å². The molecular weight excluding hydrogens is 328 g/mol. The van der Waals surface area contributed by atoms with Crippen molar-refractivity contribution in [3.8, 4) is 5.75 Å². The molecule has 1 amide bonds. The summed E-state index contributed by atoms with van der Waals surface area (Å²) in [5.41, 5.74) is 3.56. The van der Waals surface area contributed by atoms with Gasteiger partial charge in [-0.2, -0.15) is 0 Å². The summed E-state index contributed by atoms with van der Waals surface area (Å²) in [6.45, 7) is 5.81. The van der Waals surface area contributed by atoms with Gasteiger partial charge in [0.25, 0.3) is 5.91 Å². The van der Waals surface area contributed by atoms with Crippen molar-refractivity contribution in [2.24, 2.45) is 0 Å². The number of carbonyl (C=O) groups is 1. The molecular formula is C20H26N4O2. The van der Waals surface area contributed by atoms with Crippen LogP contribution in [0.3, 0.4) is 0 Å². The molecule has 0 saturated carbocycles. The highest BCUT2D eigenvalue weighted by atomic mass is 16.5. The maximum Gasteiger partial charge on any atom is 0.261 e. The van der Waals surface area contributed by atoms with Gasteiger partial charge >= 0.3 is 0 Å². The van der Waals surface area contributed by atoms with Gasteiger partial charge in [0.2, 0.25) is 0 Å². The molecule has 2 aromatic rings. The molecule has 0 aliphatic carbocycles. The van der Waals surface area contributed by atoms with Crippen molar-refractivity contribution >= 4 is 5.91 Å². The number of rotatable bonds is 5. The molecule has 26 heavy (non-hydrogen) atoms. The lowest BCUT2D eigenvalue weighted by molar-refractivity contribution is -0.127. The average Bonchev–Trinajstić information content (AvgIpc) is 3.23. The molecule has 0 bridgehead atoms. The van der Waals surface area contributed by atoms with Crippen LogP contribution in [-0.2, 0) is 30.6 Å². The molecule has 4 rings (SSSR count). The Morgan fingerprint density at radius 3 is 3.00 bits per heavy atom. The number of nitrogens with zero attached hydrogens (tertiary/aromatic N) is 3. The average molecular weight is 354 g/mol. The normalized spacial score (nSPS) is 18.2. The highest BCUT2D eigenvalue weighted by Gasteiger charge is 2.29. The van der Waals surface area contributed by atoms with E-state index in [0.717, 1.165) is 48.8 Å². The van der Waals surface area contributed by atoms with E-state index in [9.17, 15) is 4.79 Å². The number of nitrogens with one attached hydrogen (secondary N) is 1. The summed E-state index contributed by atoms with van der Waals surface area (Å²) < 4.78 is 8.09. The number of hydrogen-bond acceptors (Lipinski definition) is 4. The van der Waals surface area contributed by atoms with Crippen molar-refractivity contribution in [2.45, 2.75) is 65.0 Å². The standard InChI is InChI=1S/C20H26N4O2/c1-13-10-15-12-17(26-16(15)11-14(13)2)20(25)21-8-5-7-19-23-22-18-6-3-4-9-24(18)19/h10-11,17H,3-9,12H2,1-2H3,(H,21,25)/t17-/m0/s1. The number of ether oxygens (including phenoxy) is 1. The maximum absolute atomic E-state index is 12.4. The van der Waals surface area contributed by atoms with Gasteiger partial charge < -0.3 is 14.6 Å². The van der Waals surface area contributed by atoms with E-state index >= 15 is 0 Å². The van der Waals surface area contributed by atoms with Gasteiger partial charge in [0, 0.05) is 32.4 Å². The first kappa shape index (κ1) is 17.1. The highest BCUT2D eigenvalue weighted by Crippen LogP contribution is 2.31. The predicted octanol–water partition coefficient (Wildman–Crippen LogP) is 2.28. The zero-order chi connectivity index (χ0) is 18.1. The van der Waals surface area contributed by atoms with E-state index in [1.54, 1.807) is 0 Å². The summed E-state index contributed by atoms with van der Waals surface area (Å²) in [5.74, 6) is 2.98. The van der Waals surface area contributed by atoms with Crippen molar-refractivity contribution in [2.75, 3.05) is 6.54 Å². The quantitative estimate of drug-likeness (QED) is 0.837. The smallest absolute Gasteiger partial charge is 0.261 e. The van der Waals surface area contributed by atoms with Crippen LogP contribution in [0.4, 0.5) is 0 Å². The van der Waals surface area contributed by atoms with Crippen LogP contribution < -0.4 is 10.1 Å². The minimum Gasteiger partial charge on any atom is -0.480 e. The third kappa shape index (κ3) is 3.32. The first-order chi connectivity index (χ1) is 12.6. The van der Waals surface area contributed by atoms with Gasteiger partial charge in [0.15, 0.2) is 6.10 Å². The molecule has 0 fully saturated rings. The van der Waals surface area contributed by atoms with Crippen molar-refractivity contribution in [1.82, 2.24) is 20.1 Å². The van der Waals surface area contributed by atoms with Crippen LogP contribution in [0.25, 0.3) is 0 Å². The van der Waals surface area contributed by atoms with Crippen molar-refractivity contribution < 1.29 is 9.53 Å². The number of aromatic nitrogens is 3. The SMILES string of the molecule is Cc1cc2c(cc1C)O[C@H](C(=O)NCCCc1nnc3n1CCCC3)C2. The molecule has 1 aromatic carbocycles. The van der Waals surface area contributed by atoms with Crippen molar-refractivity contribution in [1.29, 1.82) is 0 Å². The summed E-state index contributed by atoms with van der Waals surface area (Å²) in [4.78, 5) is 12.4. The summed E-state index contributed by atoms with van der Waals surface area (Å²) >= 11 is 0. The van der Waals surface area contributed by atoms with Crippen LogP contribution in [0, 0.1) is 13.8 Å². The number of amides is 1. The topological polar surface area (TPSA) is 69.0 Å². The first-order valence-corrected chi connectivity index (χ1v) is 9.57. The monoisotopic (exact) mass is 354 g/mol. The fourth-order valence-corrected chi connectivity index (χ4v) is 3.78. The summed E-state index contributed by atoms with van der Waals surface area (Å²) in [7, 11) is 0. The lowest BCUT2D eigenvalue weighted by Gasteiger charge is -2.15. The zero-order valence-electron chi connectivity index (χ0n) is 15.5. The Morgan fingerprint density at radius 2 is 2.12 bits per heavy atom. The minimum atomic E-state index is -0.410. The van der Waals surface area contributed by atoms with Crippen LogP contribution in [-0.4, -0.2) is 33.3 Å². The second-order valence-corrected chi connectivity index (χ2v) is 7.39. The lowest BCUT2D eigenvalue weighted by atomic mass is 10.0. The van der Waals surface area contributed by atoms with Crippen LogP contribution in [0.1, 0.15) is 47.6 Å². The Balaban J connectivity index is 1.26. The minimum absolute atomic E-state index is 0.0280. The molecule has 1 atom stereocenters. The van der Waals surface area contributed by atoms with Gasteiger partial charge in [0.1, 0.15) is 17.4 Å². The molecule has 0 unspecified atom stereocenters. The Kier molecular flexibility index (Phi) is 4.66. The molecule has 3 heterocycles. The largest absolute Gasteiger partial charge is 0.480 e. The predicted molar refractivity (Wildman–Crippen MR) is 98.3 cm³/mol. The molecule has 2 aliphatic heterocycles. The van der Waals surface area contributed by atoms with Gasteiger partial charge in [0.05, 0.1) is 0 Å². The Hall–Kier alpha value is -2.37. The molecule has 6 nitrogen and oxygen atoms in total. The highest BCUT2D eigenvalue weighted by molar-refractivity contribution is 5.82. The second kappa shape index (κ2) is 7.09. The fourth-order valence-electron chi connectivity index (χ4n) is 3.78. The fraction of sp³-hybridized carbons (Fsp3) is 0.550. The van der Waals surface area contributed by atoms with Gasteiger partial charge in [-0.1, -0.05) is 6.07 Å². The van der Waals surface area contributed by atoms with E-state index in [2.05, 4.69) is 40.0 Å². The molecule has 0 radical (unpaired) electrons. The Bertz CT molecular complexity index is 796. The van der Waals surface area contributed by atoms with Gasteiger partial charge in [-0.15, -0.1) is 10.2 Å². The van der Waals surface area contributed by atoms with E-state index in [4.69, 9.17) is 4.74 Å². The third-order valence-electron chi connectivity index (χ3n) is 5.46. The summed E-state index contributed by atoms with van der Waals surface area (Å²) in [6, 6.07) is 4.17. The van der Waals surface area contributed by atoms with E-state index in [1.165, 1.54) is 24.0 Å². The number of carbonyl (C=O) groups excluding carboxylic acids is 1. The Morgan fingerprint density at radius 1 is 1.27 bits per heavy atom. The molecule has 138 valence electrons. The number of hydrogen-bond donors (Lipinski definition) is 1. The number of benzene rings is 1. The second-order valence-electron chi connectivity index (χ2n) is 7.39. The summed E-state index contributed by atoms with van der Waals surface area (Å²) in [6.07, 6.45) is 5.39. The maximum atomic E-state index is 12.4. The molecule has 1 N–H and O–H groups in total. The zero-order valence-corrected chi connectivity index (χ0v) is 15.5. The van der Waals surface area contributed by atoms with Crippen molar-refractivity contribution in [3.63, 3.8) is 0 Å². The number of aryl methyl sites for hydroxylation is 4. The van der Waals surface area contributed by atoms with Crippen LogP contribution in [0.2, 0.25) is 0 Å². The van der Waals surface area contributed by atoms with Gasteiger partial charge in [-0.05, 0) is 55.9 Å². The van der Waals surface area contributed by atoms with Crippen LogP contribution in [0.15, 0.2) is 12.1 Å². The van der Waals surface area contributed by atoms with Crippen molar-refractivity contribution in [3.05, 3.63) is 40.5 Å².